The van der Waals surface area contributed by atoms with Crippen LogP contribution in [0.1, 0.15) is 46.0 Å². The third-order valence-electron chi connectivity index (χ3n) is 8.17. The molecule has 2 N–H and O–H groups in total. The van der Waals surface area contributed by atoms with Crippen LogP contribution >= 0.6 is 11.6 Å². The molecular weight excluding hydrogens is 368 g/mol. The minimum absolute atomic E-state index is 0.00937. The third kappa shape index (κ3) is 2.44. The standard InChI is InChI=1S/C21H27ClO5/c1-19-7-5-13(23)9-12(19)3-4-14-15-6-8-21(26,18(25)27-11-22)20(15,2)10-16(24)17(14)19/h5,7,9,14-17,24,26H,3-4,6,8,10-11H2,1-2H3/t14?,15?,16?,17?,19-,20-,21-/m0/s1. The average Bonchev–Trinajstić information content (AvgIpc) is 2.87. The van der Waals surface area contributed by atoms with Crippen LogP contribution in [0.4, 0.5) is 0 Å². The second-order valence-electron chi connectivity index (χ2n) is 9.15. The number of alkyl halides is 1. The van der Waals surface area contributed by atoms with E-state index in [-0.39, 0.29) is 35.0 Å². The topological polar surface area (TPSA) is 83.8 Å². The minimum Gasteiger partial charge on any atom is -0.447 e. The Balaban J connectivity index is 1.72. The zero-order chi connectivity index (χ0) is 19.6. The summed E-state index contributed by atoms with van der Waals surface area (Å²) in [5.41, 5.74) is -1.63. The number of allylic oxidation sites excluding steroid dienone is 4. The Labute approximate surface area is 164 Å². The van der Waals surface area contributed by atoms with Crippen molar-refractivity contribution in [3.05, 3.63) is 23.8 Å². The molecule has 4 aliphatic carbocycles. The summed E-state index contributed by atoms with van der Waals surface area (Å²) in [4.78, 5) is 24.4. The number of carbonyl (C=O) groups is 2. The highest BCUT2D eigenvalue weighted by molar-refractivity contribution is 6.17. The molecule has 0 bridgehead atoms. The molecule has 148 valence electrons. The molecule has 0 aromatic heterocycles. The van der Waals surface area contributed by atoms with E-state index in [0.717, 1.165) is 24.8 Å². The summed E-state index contributed by atoms with van der Waals surface area (Å²) in [7, 11) is 0. The lowest BCUT2D eigenvalue weighted by Gasteiger charge is -2.59. The molecule has 0 saturated heterocycles. The van der Waals surface area contributed by atoms with Crippen molar-refractivity contribution in [3.63, 3.8) is 0 Å². The number of aliphatic hydroxyl groups is 2. The zero-order valence-electron chi connectivity index (χ0n) is 15.8. The number of fused-ring (bicyclic) bond motifs is 5. The van der Waals surface area contributed by atoms with Crippen molar-refractivity contribution in [2.24, 2.45) is 28.6 Å². The van der Waals surface area contributed by atoms with Crippen molar-refractivity contribution >= 4 is 23.4 Å². The maximum atomic E-state index is 12.5. The van der Waals surface area contributed by atoms with Crippen LogP contribution in [-0.4, -0.2) is 39.7 Å². The van der Waals surface area contributed by atoms with Crippen molar-refractivity contribution in [1.82, 2.24) is 0 Å². The lowest BCUT2D eigenvalue weighted by atomic mass is 9.46. The molecule has 4 rings (SSSR count). The minimum atomic E-state index is -1.62. The van der Waals surface area contributed by atoms with Gasteiger partial charge in [0, 0.05) is 16.7 Å². The van der Waals surface area contributed by atoms with Gasteiger partial charge in [-0.1, -0.05) is 37.1 Å². The lowest BCUT2D eigenvalue weighted by molar-refractivity contribution is -0.195. The molecule has 5 nitrogen and oxygen atoms in total. The molecule has 0 radical (unpaired) electrons. The molecule has 6 heteroatoms. The van der Waals surface area contributed by atoms with Crippen molar-refractivity contribution < 1.29 is 24.5 Å². The van der Waals surface area contributed by atoms with Gasteiger partial charge in [-0.3, -0.25) is 4.79 Å². The Morgan fingerprint density at radius 2 is 2.11 bits per heavy atom. The molecule has 0 amide bonds. The van der Waals surface area contributed by atoms with E-state index in [4.69, 9.17) is 16.3 Å². The number of hydrogen-bond donors (Lipinski definition) is 2. The summed E-state index contributed by atoms with van der Waals surface area (Å²) in [6, 6.07) is -0.290. The smallest absolute Gasteiger partial charge is 0.339 e. The Morgan fingerprint density at radius 3 is 2.81 bits per heavy atom. The normalized spacial score (nSPS) is 48.3. The van der Waals surface area contributed by atoms with E-state index in [1.165, 1.54) is 0 Å². The summed E-state index contributed by atoms with van der Waals surface area (Å²) in [6.45, 7) is 4.01. The molecular formula is C21H27ClO5. The quantitative estimate of drug-likeness (QED) is 0.555. The molecule has 0 heterocycles. The van der Waals surface area contributed by atoms with Gasteiger partial charge in [0.05, 0.1) is 6.10 Å². The van der Waals surface area contributed by atoms with Crippen LogP contribution in [0.25, 0.3) is 0 Å². The van der Waals surface area contributed by atoms with Crippen molar-refractivity contribution in [1.29, 1.82) is 0 Å². The Hall–Kier alpha value is -1.17. The highest BCUT2D eigenvalue weighted by Gasteiger charge is 2.68. The van der Waals surface area contributed by atoms with Gasteiger partial charge in [0.1, 0.15) is 0 Å². The van der Waals surface area contributed by atoms with Crippen LogP contribution in [0.5, 0.6) is 0 Å². The maximum Gasteiger partial charge on any atom is 0.339 e. The fourth-order valence-corrected chi connectivity index (χ4v) is 6.93. The van der Waals surface area contributed by atoms with Crippen molar-refractivity contribution in [3.8, 4) is 0 Å². The Morgan fingerprint density at radius 1 is 1.37 bits per heavy atom. The predicted octanol–water partition coefficient (Wildman–Crippen LogP) is 2.74. The average molecular weight is 395 g/mol. The molecule has 7 atom stereocenters. The van der Waals surface area contributed by atoms with Gasteiger partial charge in [0.15, 0.2) is 17.5 Å². The number of hydrogen-bond acceptors (Lipinski definition) is 5. The van der Waals surface area contributed by atoms with Crippen LogP contribution < -0.4 is 0 Å². The SMILES string of the molecule is C[C@]12C=CC(=O)C=C1CCC1C2C(O)C[C@@]2(C)C1CC[C@]2(O)C(=O)OCCl. The summed E-state index contributed by atoms with van der Waals surface area (Å²) < 4.78 is 4.97. The first-order chi connectivity index (χ1) is 12.7. The molecule has 3 saturated carbocycles. The van der Waals surface area contributed by atoms with Gasteiger partial charge in [-0.05, 0) is 56.1 Å². The van der Waals surface area contributed by atoms with Gasteiger partial charge in [0.25, 0.3) is 0 Å². The van der Waals surface area contributed by atoms with E-state index in [2.05, 4.69) is 6.92 Å². The van der Waals surface area contributed by atoms with Crippen molar-refractivity contribution in [2.75, 3.05) is 6.07 Å². The molecule has 0 aliphatic heterocycles. The number of carbonyl (C=O) groups excluding carboxylic acids is 2. The van der Waals surface area contributed by atoms with Gasteiger partial charge >= 0.3 is 5.97 Å². The zero-order valence-corrected chi connectivity index (χ0v) is 16.5. The molecule has 4 aliphatic rings. The molecule has 0 spiro atoms. The monoisotopic (exact) mass is 394 g/mol. The maximum absolute atomic E-state index is 12.5. The summed E-state index contributed by atoms with van der Waals surface area (Å²) in [6.07, 6.45) is 7.64. The van der Waals surface area contributed by atoms with Gasteiger partial charge in [-0.15, -0.1) is 0 Å². The first kappa shape index (κ1) is 19.2. The molecule has 27 heavy (non-hydrogen) atoms. The third-order valence-corrected chi connectivity index (χ3v) is 8.28. The van der Waals surface area contributed by atoms with Crippen LogP contribution in [0.2, 0.25) is 0 Å². The second-order valence-corrected chi connectivity index (χ2v) is 9.37. The fourth-order valence-electron chi connectivity index (χ4n) is 6.83. The van der Waals surface area contributed by atoms with Crippen LogP contribution in [0, 0.1) is 28.6 Å². The van der Waals surface area contributed by atoms with E-state index in [1.807, 2.05) is 13.0 Å². The van der Waals surface area contributed by atoms with Gasteiger partial charge in [-0.2, -0.15) is 0 Å². The Bertz CT molecular complexity index is 745. The second kappa shape index (κ2) is 6.16. The molecule has 0 aromatic carbocycles. The van der Waals surface area contributed by atoms with Gasteiger partial charge in [-0.25, -0.2) is 4.79 Å². The number of ether oxygens (including phenoxy) is 1. The predicted molar refractivity (Wildman–Crippen MR) is 99.8 cm³/mol. The van der Waals surface area contributed by atoms with Gasteiger partial charge < -0.3 is 14.9 Å². The van der Waals surface area contributed by atoms with E-state index in [0.29, 0.717) is 12.8 Å². The lowest BCUT2D eigenvalue weighted by Crippen LogP contribution is -2.61. The van der Waals surface area contributed by atoms with Crippen LogP contribution in [-0.2, 0) is 14.3 Å². The number of ketones is 1. The fraction of sp³-hybridized carbons (Fsp3) is 0.714. The van der Waals surface area contributed by atoms with Crippen LogP contribution in [0.15, 0.2) is 23.8 Å². The number of halogens is 1. The highest BCUT2D eigenvalue weighted by atomic mass is 35.5. The summed E-state index contributed by atoms with van der Waals surface area (Å²) in [5.74, 6) is -0.403. The van der Waals surface area contributed by atoms with E-state index in [1.54, 1.807) is 12.2 Å². The first-order valence-electron chi connectivity index (χ1n) is 9.75. The Kier molecular flexibility index (Phi) is 4.37. The van der Waals surface area contributed by atoms with Crippen LogP contribution in [0.3, 0.4) is 0 Å². The number of rotatable bonds is 2. The summed E-state index contributed by atoms with van der Waals surface area (Å²) in [5, 5.41) is 22.5. The molecule has 3 fully saturated rings. The summed E-state index contributed by atoms with van der Waals surface area (Å²) >= 11 is 5.56. The largest absolute Gasteiger partial charge is 0.447 e. The van der Waals surface area contributed by atoms with E-state index in [9.17, 15) is 19.8 Å². The van der Waals surface area contributed by atoms with Crippen molar-refractivity contribution in [2.45, 2.75) is 57.7 Å². The van der Waals surface area contributed by atoms with E-state index >= 15 is 0 Å². The van der Waals surface area contributed by atoms with Gasteiger partial charge in [0.2, 0.25) is 0 Å². The number of aliphatic hydroxyl groups excluding tert-OH is 1. The highest BCUT2D eigenvalue weighted by Crippen LogP contribution is 2.67. The van der Waals surface area contributed by atoms with E-state index < -0.39 is 23.1 Å². The number of esters is 1. The first-order valence-corrected chi connectivity index (χ1v) is 10.3. The molecule has 4 unspecified atom stereocenters. The molecule has 0 aromatic rings.